The van der Waals surface area contributed by atoms with Crippen LogP contribution in [0.4, 0.5) is 18.9 Å². The molecular weight excluding hydrogens is 233 g/mol. The molecule has 0 saturated heterocycles. The van der Waals surface area contributed by atoms with Crippen molar-refractivity contribution in [1.29, 1.82) is 0 Å². The van der Waals surface area contributed by atoms with Crippen LogP contribution in [-0.4, -0.2) is 14.8 Å². The summed E-state index contributed by atoms with van der Waals surface area (Å²) in [6.45, 7) is 0. The first-order valence-electron chi connectivity index (χ1n) is 4.70. The Morgan fingerprint density at radius 3 is 2.53 bits per heavy atom. The maximum absolute atomic E-state index is 12.6. The molecule has 17 heavy (non-hydrogen) atoms. The first-order chi connectivity index (χ1) is 7.89. The number of aromatic nitrogens is 3. The molecule has 0 radical (unpaired) electrons. The van der Waals surface area contributed by atoms with Crippen molar-refractivity contribution in [2.75, 3.05) is 5.73 Å². The van der Waals surface area contributed by atoms with Crippen LogP contribution < -0.4 is 5.73 Å². The summed E-state index contributed by atoms with van der Waals surface area (Å²) in [4.78, 5) is 3.87. The molecule has 2 N–H and O–H groups in total. The monoisotopic (exact) mass is 242 g/mol. The molecule has 0 spiro atoms. The predicted molar refractivity (Wildman–Crippen MR) is 55.9 cm³/mol. The minimum Gasteiger partial charge on any atom is -0.398 e. The lowest BCUT2D eigenvalue weighted by Gasteiger charge is -2.10. The standard InChI is InChI=1S/C10H9F3N4/c1-17-9(15-5-16-17)7-4-6(10(11,12)13)2-3-8(7)14/h2-5H,14H2,1H3. The summed E-state index contributed by atoms with van der Waals surface area (Å²) >= 11 is 0. The average molecular weight is 242 g/mol. The molecule has 0 amide bonds. The first-order valence-corrected chi connectivity index (χ1v) is 4.70. The molecule has 0 fully saturated rings. The second-order valence-electron chi connectivity index (χ2n) is 3.51. The lowest BCUT2D eigenvalue weighted by molar-refractivity contribution is -0.137. The van der Waals surface area contributed by atoms with Gasteiger partial charge >= 0.3 is 6.18 Å². The van der Waals surface area contributed by atoms with Crippen molar-refractivity contribution in [2.24, 2.45) is 7.05 Å². The molecule has 4 nitrogen and oxygen atoms in total. The van der Waals surface area contributed by atoms with Crippen molar-refractivity contribution >= 4 is 5.69 Å². The SMILES string of the molecule is Cn1ncnc1-c1cc(C(F)(F)F)ccc1N. The zero-order chi connectivity index (χ0) is 12.6. The number of rotatable bonds is 1. The van der Waals surface area contributed by atoms with E-state index >= 15 is 0 Å². The van der Waals surface area contributed by atoms with Gasteiger partial charge in [-0.3, -0.25) is 0 Å². The van der Waals surface area contributed by atoms with Crippen LogP contribution >= 0.6 is 0 Å². The zero-order valence-electron chi connectivity index (χ0n) is 8.86. The number of nitrogens with zero attached hydrogens (tertiary/aromatic N) is 3. The van der Waals surface area contributed by atoms with Crippen LogP contribution in [0.25, 0.3) is 11.4 Å². The quantitative estimate of drug-likeness (QED) is 0.779. The maximum Gasteiger partial charge on any atom is 0.416 e. The van der Waals surface area contributed by atoms with Gasteiger partial charge in [0.05, 0.1) is 5.56 Å². The predicted octanol–water partition coefficient (Wildman–Crippen LogP) is 2.08. The Morgan fingerprint density at radius 2 is 2.00 bits per heavy atom. The van der Waals surface area contributed by atoms with Crippen LogP contribution in [-0.2, 0) is 13.2 Å². The summed E-state index contributed by atoms with van der Waals surface area (Å²) in [5.74, 6) is 0.300. The number of anilines is 1. The molecule has 7 heteroatoms. The number of nitrogens with two attached hydrogens (primary N) is 1. The van der Waals surface area contributed by atoms with E-state index in [1.807, 2.05) is 0 Å². The molecule has 0 aliphatic carbocycles. The lowest BCUT2D eigenvalue weighted by atomic mass is 10.1. The van der Waals surface area contributed by atoms with E-state index in [0.29, 0.717) is 5.82 Å². The highest BCUT2D eigenvalue weighted by atomic mass is 19.4. The molecule has 90 valence electrons. The van der Waals surface area contributed by atoms with Crippen LogP contribution in [0.15, 0.2) is 24.5 Å². The summed E-state index contributed by atoms with van der Waals surface area (Å²) in [7, 11) is 1.59. The van der Waals surface area contributed by atoms with Gasteiger partial charge in [0.15, 0.2) is 5.82 Å². The molecule has 1 aromatic carbocycles. The molecule has 0 unspecified atom stereocenters. The van der Waals surface area contributed by atoms with Gasteiger partial charge in [0.25, 0.3) is 0 Å². The number of aryl methyl sites for hydroxylation is 1. The number of nitrogen functional groups attached to an aromatic ring is 1. The van der Waals surface area contributed by atoms with Gasteiger partial charge in [0, 0.05) is 18.3 Å². The van der Waals surface area contributed by atoms with E-state index in [-0.39, 0.29) is 11.3 Å². The minimum atomic E-state index is -4.40. The maximum atomic E-state index is 12.6. The summed E-state index contributed by atoms with van der Waals surface area (Å²) in [5, 5.41) is 3.79. The Kier molecular flexibility index (Phi) is 2.53. The summed E-state index contributed by atoms with van der Waals surface area (Å²) < 4.78 is 39.0. The molecule has 0 saturated carbocycles. The van der Waals surface area contributed by atoms with Crippen molar-refractivity contribution in [2.45, 2.75) is 6.18 Å². The van der Waals surface area contributed by atoms with Gasteiger partial charge in [-0.15, -0.1) is 0 Å². The highest BCUT2D eigenvalue weighted by Crippen LogP contribution is 2.34. The van der Waals surface area contributed by atoms with Crippen LogP contribution in [0.3, 0.4) is 0 Å². The van der Waals surface area contributed by atoms with Gasteiger partial charge in [-0.1, -0.05) is 0 Å². The second kappa shape index (κ2) is 3.76. The molecule has 0 atom stereocenters. The fourth-order valence-corrected chi connectivity index (χ4v) is 1.47. The fourth-order valence-electron chi connectivity index (χ4n) is 1.47. The van der Waals surface area contributed by atoms with Gasteiger partial charge < -0.3 is 5.73 Å². The van der Waals surface area contributed by atoms with Gasteiger partial charge in [-0.25, -0.2) is 9.67 Å². The highest BCUT2D eigenvalue weighted by Gasteiger charge is 2.31. The summed E-state index contributed by atoms with van der Waals surface area (Å²) in [6, 6.07) is 3.13. The van der Waals surface area contributed by atoms with E-state index in [2.05, 4.69) is 10.1 Å². The van der Waals surface area contributed by atoms with E-state index < -0.39 is 11.7 Å². The minimum absolute atomic E-state index is 0.222. The van der Waals surface area contributed by atoms with E-state index in [0.717, 1.165) is 12.1 Å². The third-order valence-electron chi connectivity index (χ3n) is 2.33. The zero-order valence-corrected chi connectivity index (χ0v) is 8.86. The van der Waals surface area contributed by atoms with E-state index in [1.54, 1.807) is 7.05 Å². The Balaban J connectivity index is 2.58. The number of alkyl halides is 3. The van der Waals surface area contributed by atoms with Gasteiger partial charge in [0.2, 0.25) is 0 Å². The molecule has 0 aliphatic rings. The highest BCUT2D eigenvalue weighted by molar-refractivity contribution is 5.72. The Labute approximate surface area is 94.9 Å². The number of halogens is 3. The van der Waals surface area contributed by atoms with Crippen LogP contribution in [0, 0.1) is 0 Å². The number of hydrogen-bond donors (Lipinski definition) is 1. The smallest absolute Gasteiger partial charge is 0.398 e. The number of hydrogen-bond acceptors (Lipinski definition) is 3. The van der Waals surface area contributed by atoms with Gasteiger partial charge in [0.1, 0.15) is 6.33 Å². The number of benzene rings is 1. The third-order valence-corrected chi connectivity index (χ3v) is 2.33. The van der Waals surface area contributed by atoms with Crippen LogP contribution in [0.1, 0.15) is 5.56 Å². The van der Waals surface area contributed by atoms with E-state index in [9.17, 15) is 13.2 Å². The van der Waals surface area contributed by atoms with Crippen molar-refractivity contribution in [3.8, 4) is 11.4 Å². The third kappa shape index (κ3) is 2.08. The topological polar surface area (TPSA) is 56.7 Å². The lowest BCUT2D eigenvalue weighted by Crippen LogP contribution is -2.07. The van der Waals surface area contributed by atoms with Gasteiger partial charge in [-0.2, -0.15) is 18.3 Å². The van der Waals surface area contributed by atoms with Crippen molar-refractivity contribution in [3.63, 3.8) is 0 Å². The fraction of sp³-hybridized carbons (Fsp3) is 0.200. The second-order valence-corrected chi connectivity index (χ2v) is 3.51. The van der Waals surface area contributed by atoms with Crippen molar-refractivity contribution < 1.29 is 13.2 Å². The summed E-state index contributed by atoms with van der Waals surface area (Å²) in [6.07, 6.45) is -3.14. The molecule has 0 bridgehead atoms. The molecular formula is C10H9F3N4. The van der Waals surface area contributed by atoms with Crippen LogP contribution in [0.5, 0.6) is 0 Å². The molecule has 2 rings (SSSR count). The van der Waals surface area contributed by atoms with Crippen LogP contribution in [0.2, 0.25) is 0 Å². The normalized spacial score (nSPS) is 11.8. The average Bonchev–Trinajstić information content (AvgIpc) is 2.63. The van der Waals surface area contributed by atoms with E-state index in [4.69, 9.17) is 5.73 Å². The first kappa shape index (κ1) is 11.4. The van der Waals surface area contributed by atoms with Crippen molar-refractivity contribution in [1.82, 2.24) is 14.8 Å². The summed E-state index contributed by atoms with van der Waals surface area (Å²) in [5.41, 5.74) is 5.34. The van der Waals surface area contributed by atoms with E-state index in [1.165, 1.54) is 17.1 Å². The largest absolute Gasteiger partial charge is 0.416 e. The van der Waals surface area contributed by atoms with Gasteiger partial charge in [-0.05, 0) is 18.2 Å². The Morgan fingerprint density at radius 1 is 1.29 bits per heavy atom. The molecule has 1 aromatic heterocycles. The Bertz CT molecular complexity index is 545. The Hall–Kier alpha value is -2.05. The molecule has 0 aliphatic heterocycles. The van der Waals surface area contributed by atoms with Crippen molar-refractivity contribution in [3.05, 3.63) is 30.1 Å². The molecule has 1 heterocycles. The molecule has 2 aromatic rings.